The largest absolute Gasteiger partial charge is 0.397 e. The highest BCUT2D eigenvalue weighted by atomic mass is 19.4. The van der Waals surface area contributed by atoms with E-state index >= 15 is 0 Å². The fourth-order valence-electron chi connectivity index (χ4n) is 1.82. The number of nitrogens with zero attached hydrogens (tertiary/aromatic N) is 2. The van der Waals surface area contributed by atoms with Crippen LogP contribution in [-0.4, -0.2) is 27.8 Å². The predicted molar refractivity (Wildman–Crippen MR) is 76.9 cm³/mol. The molecule has 0 radical (unpaired) electrons. The number of hydrogen-bond donors (Lipinski definition) is 2. The minimum absolute atomic E-state index is 0.206. The van der Waals surface area contributed by atoms with Crippen LogP contribution in [0.4, 0.5) is 24.5 Å². The number of nitrogens with one attached hydrogen (secondary N) is 2. The van der Waals surface area contributed by atoms with Crippen molar-refractivity contribution in [2.24, 2.45) is 7.05 Å². The van der Waals surface area contributed by atoms with Crippen molar-refractivity contribution < 1.29 is 22.8 Å². The van der Waals surface area contributed by atoms with Crippen LogP contribution in [0.5, 0.6) is 0 Å². The Bertz CT molecular complexity index is 708. The van der Waals surface area contributed by atoms with Crippen LogP contribution < -0.4 is 10.6 Å². The molecular weight excluding hydrogens is 313 g/mol. The molecule has 0 aliphatic carbocycles. The zero-order valence-corrected chi connectivity index (χ0v) is 12.0. The van der Waals surface area contributed by atoms with Gasteiger partial charge in [-0.15, -0.1) is 0 Å². The molecule has 1 aromatic heterocycles. The van der Waals surface area contributed by atoms with Gasteiger partial charge in [-0.05, 0) is 30.3 Å². The Kier molecular flexibility index (Phi) is 4.68. The molecule has 0 saturated carbocycles. The summed E-state index contributed by atoms with van der Waals surface area (Å²) in [6, 6.07) is 7.27. The zero-order valence-electron chi connectivity index (χ0n) is 12.0. The van der Waals surface area contributed by atoms with E-state index in [-0.39, 0.29) is 11.6 Å². The van der Waals surface area contributed by atoms with Crippen molar-refractivity contribution in [2.75, 3.05) is 10.6 Å². The first-order valence-corrected chi connectivity index (χ1v) is 6.50. The Hall–Kier alpha value is -2.84. The van der Waals surface area contributed by atoms with E-state index in [1.54, 1.807) is 13.1 Å². The second-order valence-corrected chi connectivity index (χ2v) is 4.71. The molecule has 0 saturated heterocycles. The summed E-state index contributed by atoms with van der Waals surface area (Å²) in [6.07, 6.45) is -4.62. The molecule has 23 heavy (non-hydrogen) atoms. The van der Waals surface area contributed by atoms with E-state index in [9.17, 15) is 22.8 Å². The Morgan fingerprint density at radius 2 is 1.65 bits per heavy atom. The molecule has 6 nitrogen and oxygen atoms in total. The maximum absolute atomic E-state index is 12.1. The molecule has 2 aromatic rings. The van der Waals surface area contributed by atoms with Gasteiger partial charge in [-0.2, -0.15) is 18.3 Å². The van der Waals surface area contributed by atoms with E-state index in [1.807, 2.05) is 0 Å². The lowest BCUT2D eigenvalue weighted by atomic mass is 10.2. The lowest BCUT2D eigenvalue weighted by molar-refractivity contribution is -0.150. The second-order valence-electron chi connectivity index (χ2n) is 4.71. The predicted octanol–water partition coefficient (Wildman–Crippen LogP) is 2.56. The Morgan fingerprint density at radius 3 is 2.13 bits per heavy atom. The van der Waals surface area contributed by atoms with E-state index in [4.69, 9.17) is 0 Å². The van der Waals surface area contributed by atoms with Gasteiger partial charge in [0.25, 0.3) is 5.91 Å². The molecular formula is C14H13F3N4O2. The van der Waals surface area contributed by atoms with Crippen molar-refractivity contribution in [3.8, 4) is 0 Å². The normalized spacial score (nSPS) is 11.1. The highest BCUT2D eigenvalue weighted by Crippen LogP contribution is 2.21. The quantitative estimate of drug-likeness (QED) is 0.906. The first kappa shape index (κ1) is 16.5. The molecule has 9 heteroatoms. The lowest BCUT2D eigenvalue weighted by Crippen LogP contribution is -2.21. The maximum atomic E-state index is 12.1. The smallest absolute Gasteiger partial charge is 0.326 e. The van der Waals surface area contributed by atoms with Gasteiger partial charge >= 0.3 is 6.18 Å². The first-order chi connectivity index (χ1) is 10.7. The molecule has 2 N–H and O–H groups in total. The van der Waals surface area contributed by atoms with Gasteiger partial charge < -0.3 is 10.6 Å². The summed E-state index contributed by atoms with van der Waals surface area (Å²) in [7, 11) is 1.62. The number of rotatable bonds is 4. The fraction of sp³-hybridized carbons (Fsp3) is 0.214. The summed E-state index contributed by atoms with van der Waals surface area (Å²) in [6.45, 7) is 0. The monoisotopic (exact) mass is 326 g/mol. The molecule has 1 aromatic carbocycles. The van der Waals surface area contributed by atoms with Gasteiger partial charge in [0.05, 0.1) is 0 Å². The van der Waals surface area contributed by atoms with Crippen LogP contribution in [0.2, 0.25) is 0 Å². The topological polar surface area (TPSA) is 76.0 Å². The summed E-state index contributed by atoms with van der Waals surface area (Å²) in [5, 5.41) is 8.61. The minimum atomic E-state index is -4.55. The molecule has 122 valence electrons. The van der Waals surface area contributed by atoms with Crippen molar-refractivity contribution in [1.82, 2.24) is 9.78 Å². The number of carbonyl (C=O) groups excluding carboxylic acids is 2. The van der Waals surface area contributed by atoms with E-state index in [1.165, 1.54) is 35.1 Å². The molecule has 0 aliphatic rings. The van der Waals surface area contributed by atoms with Gasteiger partial charge in [0.1, 0.15) is 12.1 Å². The molecule has 0 unspecified atom stereocenters. The minimum Gasteiger partial charge on any atom is -0.326 e. The van der Waals surface area contributed by atoms with Crippen molar-refractivity contribution in [3.05, 3.63) is 42.2 Å². The number of amides is 2. The van der Waals surface area contributed by atoms with Crippen LogP contribution >= 0.6 is 0 Å². The van der Waals surface area contributed by atoms with Crippen LogP contribution in [-0.2, 0) is 11.8 Å². The molecule has 0 aliphatic heterocycles. The van der Waals surface area contributed by atoms with Crippen LogP contribution in [0, 0.1) is 0 Å². The van der Waals surface area contributed by atoms with Gasteiger partial charge in [0.2, 0.25) is 5.91 Å². The summed E-state index contributed by atoms with van der Waals surface area (Å²) in [5.41, 5.74) is 0.996. The highest BCUT2D eigenvalue weighted by molar-refractivity contribution is 6.03. The van der Waals surface area contributed by atoms with Crippen molar-refractivity contribution in [1.29, 1.82) is 0 Å². The fourth-order valence-corrected chi connectivity index (χ4v) is 1.82. The molecule has 0 bridgehead atoms. The van der Waals surface area contributed by atoms with Gasteiger partial charge in [-0.3, -0.25) is 14.3 Å². The first-order valence-electron chi connectivity index (χ1n) is 6.50. The number of anilines is 2. The van der Waals surface area contributed by atoms with Gasteiger partial charge in [-0.25, -0.2) is 0 Å². The van der Waals surface area contributed by atoms with E-state index in [0.717, 1.165) is 0 Å². The van der Waals surface area contributed by atoms with E-state index < -0.39 is 18.5 Å². The standard InChI is InChI=1S/C14H13F3N4O2/c1-21-11(6-7-18-21)13(23)20-10-4-2-9(3-5-10)19-12(22)8-14(15,16)17/h2-7H,8H2,1H3,(H,19,22)(H,20,23). The van der Waals surface area contributed by atoms with Gasteiger partial charge in [0.15, 0.2) is 0 Å². The molecule has 1 heterocycles. The summed E-state index contributed by atoms with van der Waals surface area (Å²) < 4.78 is 37.6. The van der Waals surface area contributed by atoms with E-state index in [0.29, 0.717) is 11.4 Å². The Labute approximate surface area is 129 Å². The Morgan fingerprint density at radius 1 is 1.09 bits per heavy atom. The average molecular weight is 326 g/mol. The van der Waals surface area contributed by atoms with E-state index in [2.05, 4.69) is 15.7 Å². The van der Waals surface area contributed by atoms with Crippen molar-refractivity contribution in [3.63, 3.8) is 0 Å². The number of hydrogen-bond acceptors (Lipinski definition) is 3. The van der Waals surface area contributed by atoms with Crippen LogP contribution in [0.25, 0.3) is 0 Å². The molecule has 0 spiro atoms. The number of aryl methyl sites for hydroxylation is 1. The SMILES string of the molecule is Cn1nccc1C(=O)Nc1ccc(NC(=O)CC(F)(F)F)cc1. The highest BCUT2D eigenvalue weighted by Gasteiger charge is 2.31. The third-order valence-electron chi connectivity index (χ3n) is 2.84. The zero-order chi connectivity index (χ0) is 17.0. The Balaban J connectivity index is 1.96. The molecule has 2 amide bonds. The third-order valence-corrected chi connectivity index (χ3v) is 2.84. The second kappa shape index (κ2) is 6.51. The average Bonchev–Trinajstić information content (AvgIpc) is 2.85. The number of alkyl halides is 3. The summed E-state index contributed by atoms with van der Waals surface area (Å²) in [4.78, 5) is 23.1. The number of carbonyl (C=O) groups is 2. The number of halogens is 3. The van der Waals surface area contributed by atoms with Crippen LogP contribution in [0.15, 0.2) is 36.5 Å². The number of aromatic nitrogens is 2. The van der Waals surface area contributed by atoms with Gasteiger partial charge in [0, 0.05) is 24.6 Å². The van der Waals surface area contributed by atoms with Gasteiger partial charge in [-0.1, -0.05) is 0 Å². The third kappa shape index (κ3) is 4.83. The lowest BCUT2D eigenvalue weighted by Gasteiger charge is -2.09. The molecule has 0 atom stereocenters. The number of benzene rings is 1. The summed E-state index contributed by atoms with van der Waals surface area (Å²) in [5.74, 6) is -1.52. The van der Waals surface area contributed by atoms with Crippen LogP contribution in [0.3, 0.4) is 0 Å². The summed E-state index contributed by atoms with van der Waals surface area (Å²) >= 11 is 0. The van der Waals surface area contributed by atoms with Crippen molar-refractivity contribution in [2.45, 2.75) is 12.6 Å². The maximum Gasteiger partial charge on any atom is 0.397 e. The molecule has 0 fully saturated rings. The molecule has 2 rings (SSSR count). The van der Waals surface area contributed by atoms with Crippen molar-refractivity contribution >= 4 is 23.2 Å². The van der Waals surface area contributed by atoms with Crippen LogP contribution in [0.1, 0.15) is 16.9 Å².